The molecule has 0 radical (unpaired) electrons. The zero-order valence-electron chi connectivity index (χ0n) is 64.3. The molecule has 26 heteroatoms. The molecule has 0 aromatic carbocycles. The molecule has 3 rings (SSSR count). The van der Waals surface area contributed by atoms with Gasteiger partial charge in [0.1, 0.15) is 24.2 Å². The number of Topliss-reactive ketones (excluding diaryl/α,β-unsaturated/α-hetero) is 4. The first-order valence-electron chi connectivity index (χ1n) is 36.6. The Labute approximate surface area is 591 Å². The Kier molecular flexibility index (Phi) is 36.7. The van der Waals surface area contributed by atoms with E-state index in [1.807, 2.05) is 41.5 Å². The van der Waals surface area contributed by atoms with Gasteiger partial charge in [0.25, 0.3) is 0 Å². The minimum Gasteiger partial charge on any atom is -0.390 e. The number of aromatic nitrogens is 4. The number of rotatable bonds is 23. The van der Waals surface area contributed by atoms with E-state index in [0.717, 1.165) is 31.0 Å². The van der Waals surface area contributed by atoms with Crippen molar-refractivity contribution in [1.82, 2.24) is 60.2 Å². The Bertz CT molecular complexity index is 2810. The molecule has 3 N–H and O–H groups in total. The van der Waals surface area contributed by atoms with Gasteiger partial charge in [-0.15, -0.1) is 5.10 Å². The van der Waals surface area contributed by atoms with Crippen molar-refractivity contribution in [2.45, 2.75) is 255 Å². The fraction of sp³-hybridized carbons (Fsp3) is 0.836. The molecule has 14 atom stereocenters. The summed E-state index contributed by atoms with van der Waals surface area (Å²) in [5.74, 6) is -11.5. The summed E-state index contributed by atoms with van der Waals surface area (Å²) >= 11 is 0. The van der Waals surface area contributed by atoms with E-state index in [-0.39, 0.29) is 69.3 Å². The lowest BCUT2D eigenvalue weighted by Crippen LogP contribution is -2.62. The molecule has 2 aliphatic heterocycles. The monoisotopic (exact) mass is 1400 g/mol. The van der Waals surface area contributed by atoms with Crippen molar-refractivity contribution in [3.05, 3.63) is 5.82 Å². The number of morpholine rings is 1. The number of aliphatic hydroxyl groups excluding tert-OH is 1. The van der Waals surface area contributed by atoms with E-state index < -0.39 is 167 Å². The minimum absolute atomic E-state index is 0.0470. The van der Waals surface area contributed by atoms with Gasteiger partial charge in [0.15, 0.2) is 29.0 Å². The molecule has 26 nitrogen and oxygen atoms in total. The normalized spacial score (nSPS) is 27.0. The first-order chi connectivity index (χ1) is 46.3. The van der Waals surface area contributed by atoms with Crippen LogP contribution < -0.4 is 10.6 Å². The molecule has 3 heterocycles. The number of aliphatic hydroxyl groups is 1. The van der Waals surface area contributed by atoms with Crippen LogP contribution >= 0.6 is 0 Å². The van der Waals surface area contributed by atoms with E-state index in [4.69, 9.17) is 9.47 Å². The van der Waals surface area contributed by atoms with Gasteiger partial charge in [-0.25, -0.2) is 4.68 Å². The maximum Gasteiger partial charge on any atom is 0.246 e. The molecule has 99 heavy (non-hydrogen) atoms. The van der Waals surface area contributed by atoms with E-state index in [1.165, 1.54) is 61.8 Å². The number of hydrogen-bond donors (Lipinski definition) is 3. The Morgan fingerprint density at radius 1 is 0.545 bits per heavy atom. The third-order valence-electron chi connectivity index (χ3n) is 20.1. The Morgan fingerprint density at radius 2 is 1.09 bits per heavy atom. The number of unbranched alkanes of at least 4 members (excludes halogenated alkanes) is 2. The largest absolute Gasteiger partial charge is 0.390 e. The highest BCUT2D eigenvalue weighted by Gasteiger charge is 2.45. The molecule has 2 fully saturated rings. The number of aryl methyl sites for hydroxylation is 2. The maximum atomic E-state index is 15.4. The van der Waals surface area contributed by atoms with Crippen LogP contribution in [0.15, 0.2) is 0 Å². The minimum atomic E-state index is -1.62. The number of ketones is 4. The molecular weight excluding hydrogens is 1270 g/mol. The number of carbonyl (C=O) groups is 11. The molecule has 2 aliphatic rings. The zero-order chi connectivity index (χ0) is 75.0. The van der Waals surface area contributed by atoms with Crippen LogP contribution in [0.3, 0.4) is 0 Å². The molecule has 0 unspecified atom stereocenters. The summed E-state index contributed by atoms with van der Waals surface area (Å²) in [4.78, 5) is 172. The average molecular weight is 1400 g/mol. The predicted molar refractivity (Wildman–Crippen MR) is 378 cm³/mol. The molecule has 0 aliphatic carbocycles. The summed E-state index contributed by atoms with van der Waals surface area (Å²) in [6.45, 7) is 32.3. The quantitative estimate of drug-likeness (QED) is 0.109. The van der Waals surface area contributed by atoms with E-state index in [1.54, 1.807) is 74.0 Å². The summed E-state index contributed by atoms with van der Waals surface area (Å²) in [6, 6.07) is -8.54. The van der Waals surface area contributed by atoms with Crippen LogP contribution in [0.1, 0.15) is 200 Å². The topological polar surface area (TPSA) is 314 Å². The van der Waals surface area contributed by atoms with Gasteiger partial charge in [-0.3, -0.25) is 57.6 Å². The van der Waals surface area contributed by atoms with Crippen LogP contribution in [0.4, 0.5) is 0 Å². The second-order valence-corrected chi connectivity index (χ2v) is 30.6. The number of hydrogen-bond acceptors (Lipinski definition) is 18. The highest BCUT2D eigenvalue weighted by atomic mass is 16.5. The van der Waals surface area contributed by atoms with Crippen LogP contribution in [0.2, 0.25) is 0 Å². The van der Waals surface area contributed by atoms with Gasteiger partial charge in [0, 0.05) is 118 Å². The second-order valence-electron chi connectivity index (χ2n) is 30.6. The number of nitrogens with zero attached hydrogens (tertiary/aromatic N) is 10. The Hall–Kier alpha value is -6.12. The van der Waals surface area contributed by atoms with Crippen LogP contribution in [0.25, 0.3) is 0 Å². The lowest BCUT2D eigenvalue weighted by molar-refractivity contribution is -0.155. The van der Waals surface area contributed by atoms with Gasteiger partial charge >= 0.3 is 0 Å². The lowest BCUT2D eigenvalue weighted by atomic mass is 9.85. The van der Waals surface area contributed by atoms with Crippen molar-refractivity contribution in [3.63, 3.8) is 0 Å². The highest BCUT2D eigenvalue weighted by Crippen LogP contribution is 2.30. The molecule has 1 aromatic heterocycles. The third-order valence-corrected chi connectivity index (χ3v) is 20.1. The van der Waals surface area contributed by atoms with Crippen LogP contribution in [0.5, 0.6) is 0 Å². The van der Waals surface area contributed by atoms with E-state index in [0.29, 0.717) is 51.1 Å². The van der Waals surface area contributed by atoms with Gasteiger partial charge in [0.05, 0.1) is 43.5 Å². The molecule has 7 amide bonds. The predicted octanol–water partition coefficient (Wildman–Crippen LogP) is 5.78. The Morgan fingerprint density at radius 3 is 1.63 bits per heavy atom. The molecule has 1 aromatic rings. The van der Waals surface area contributed by atoms with E-state index >= 15 is 19.2 Å². The van der Waals surface area contributed by atoms with Gasteiger partial charge in [-0.2, -0.15) is 0 Å². The number of nitrogens with one attached hydrogen (secondary N) is 2. The van der Waals surface area contributed by atoms with Gasteiger partial charge in [-0.1, -0.05) is 103 Å². The van der Waals surface area contributed by atoms with Crippen molar-refractivity contribution >= 4 is 64.5 Å². The molecule has 0 bridgehead atoms. The zero-order valence-corrected chi connectivity index (χ0v) is 64.3. The van der Waals surface area contributed by atoms with Crippen LogP contribution in [0, 0.1) is 59.2 Å². The number of carbonyl (C=O) groups excluding carboxylic acids is 11. The number of ether oxygens (including phenoxy) is 2. The average Bonchev–Trinajstić information content (AvgIpc) is 1.16. The highest BCUT2D eigenvalue weighted by molar-refractivity contribution is 6.00. The van der Waals surface area contributed by atoms with Gasteiger partial charge in [0.2, 0.25) is 41.4 Å². The first-order valence-corrected chi connectivity index (χ1v) is 36.6. The second kappa shape index (κ2) is 41.7. The fourth-order valence-corrected chi connectivity index (χ4v) is 13.9. The summed E-state index contributed by atoms with van der Waals surface area (Å²) in [7, 11) is 9.05. The Balaban J connectivity index is 2.27. The smallest absolute Gasteiger partial charge is 0.246 e. The van der Waals surface area contributed by atoms with Crippen molar-refractivity contribution in [3.8, 4) is 0 Å². The van der Waals surface area contributed by atoms with Crippen LogP contribution in [-0.2, 0) is 75.7 Å². The van der Waals surface area contributed by atoms with Crippen LogP contribution in [-0.4, -0.2) is 248 Å². The summed E-state index contributed by atoms with van der Waals surface area (Å²) in [6.07, 6.45) is 0.556. The molecule has 0 spiro atoms. The summed E-state index contributed by atoms with van der Waals surface area (Å²) in [5, 5.41) is 29.8. The van der Waals surface area contributed by atoms with Gasteiger partial charge in [-0.05, 0) is 118 Å². The fourth-order valence-electron chi connectivity index (χ4n) is 13.9. The summed E-state index contributed by atoms with van der Waals surface area (Å²) in [5.41, 5.74) is 0. The van der Waals surface area contributed by atoms with Crippen molar-refractivity contribution in [2.24, 2.45) is 66.2 Å². The first kappa shape index (κ1) is 87.1. The lowest BCUT2D eigenvalue weighted by Gasteiger charge is -2.40. The number of likely N-dealkylation sites (N-methyl/N-ethyl adjacent to an activating group) is 5. The number of amides is 7. The third kappa shape index (κ3) is 26.0. The van der Waals surface area contributed by atoms with Crippen molar-refractivity contribution in [1.29, 1.82) is 0 Å². The molecule has 2 saturated heterocycles. The standard InChI is InChI=1S/C73H128N12O14/c1-23-55-58(86)40-50(14)69(93)82(20)64(52(16)99-33-27-26-30-85-31-34-98-35-32-85)61(89)42-54(46(8)9)72(96)80(18)56(37-44(4)5)59(87)39-49(13)67(91)74-51(15)70(94)79(17)57(38-45(6)7)60(88)41-53(36-43(2)3)71(95)81(19)63(47(10)11)73(97)83(21)65(68(92)75-55)66(90)48(12)28-24-25-29-62-76-77-78-84(62)22/h43-57,63-66,90H,23-42H2,1-22H3,(H,74,91)(H,75,92)/t48-,49-,50+,51-,52-,53-,54+,55+,56+,57+,63+,64+,65+,66-/m1/s1. The summed E-state index contributed by atoms with van der Waals surface area (Å²) < 4.78 is 13.5. The maximum absolute atomic E-state index is 15.4. The van der Waals surface area contributed by atoms with Crippen molar-refractivity contribution < 1.29 is 67.3 Å². The van der Waals surface area contributed by atoms with Gasteiger partial charge < -0.3 is 49.7 Å². The molecular formula is C73H128N12O14. The van der Waals surface area contributed by atoms with Crippen molar-refractivity contribution in [2.75, 3.05) is 74.7 Å². The SMILES string of the molecule is CC[C@@H]1NC(=O)[C@H]([C@H](O)[C@H](C)CCCCc2nnnn2C)N(C)C(=O)[C@H](C(C)C)N(C)C(=O)[C@H](CC(C)C)CC(=O)[C@H](CC(C)C)N(C)C(=O)[C@@H](C)NC(=O)[C@H](C)CC(=O)[C@H](CC(C)C)N(C)C(=O)[C@H](C(C)C)CC(=O)[C@H]([C@@H](C)OCCCCN2CCOCC2)N(C)C(=O)[C@@H](C)CC1=O. The van der Waals surface area contributed by atoms with E-state index in [9.17, 15) is 38.7 Å². The molecule has 0 saturated carbocycles. The number of tetrazole rings is 1. The molecule has 564 valence electrons. The van der Waals surface area contributed by atoms with E-state index in [2.05, 4.69) is 31.1 Å².